The van der Waals surface area contributed by atoms with Crippen molar-refractivity contribution < 1.29 is 18.3 Å². The van der Waals surface area contributed by atoms with Crippen LogP contribution in [0.25, 0.3) is 22.3 Å². The van der Waals surface area contributed by atoms with E-state index in [2.05, 4.69) is 20.9 Å². The average molecular weight is 502 g/mol. The largest absolute Gasteiger partial charge is 0.465 e. The first-order chi connectivity index (χ1) is 18.1. The van der Waals surface area contributed by atoms with Crippen molar-refractivity contribution in [2.75, 3.05) is 46.4 Å². The van der Waals surface area contributed by atoms with Crippen LogP contribution in [-0.4, -0.2) is 67.1 Å². The van der Waals surface area contributed by atoms with Crippen molar-refractivity contribution in [3.63, 3.8) is 0 Å². The lowest BCUT2D eigenvalue weighted by atomic mass is 10.0. The molecule has 0 radical (unpaired) electrons. The zero-order chi connectivity index (χ0) is 25.6. The first kappa shape index (κ1) is 25.1. The summed E-state index contributed by atoms with van der Waals surface area (Å²) in [5.74, 6) is 0.187. The fraction of sp³-hybridized carbons (Fsp3) is 0.333. The van der Waals surface area contributed by atoms with E-state index in [-0.39, 0.29) is 5.82 Å². The molecule has 0 bridgehead atoms. The van der Waals surface area contributed by atoms with Gasteiger partial charge in [0.15, 0.2) is 0 Å². The average Bonchev–Trinajstić information content (AvgIpc) is 3.31. The van der Waals surface area contributed by atoms with E-state index >= 15 is 0 Å². The Labute approximate surface area is 216 Å². The normalized spacial score (nSPS) is 14.8. The molecular formula is C30H32FN3O3. The van der Waals surface area contributed by atoms with Gasteiger partial charge in [0.1, 0.15) is 17.2 Å². The summed E-state index contributed by atoms with van der Waals surface area (Å²) in [6.45, 7) is 6.10. The van der Waals surface area contributed by atoms with Crippen LogP contribution in [0, 0.1) is 5.82 Å². The van der Waals surface area contributed by atoms with Crippen LogP contribution < -0.4 is 0 Å². The number of ether oxygens (including phenoxy) is 1. The van der Waals surface area contributed by atoms with Gasteiger partial charge in [-0.2, -0.15) is 0 Å². The Morgan fingerprint density at radius 1 is 0.973 bits per heavy atom. The molecule has 1 saturated heterocycles. The van der Waals surface area contributed by atoms with Gasteiger partial charge in [0.2, 0.25) is 0 Å². The third kappa shape index (κ3) is 6.06. The van der Waals surface area contributed by atoms with Gasteiger partial charge >= 0.3 is 5.97 Å². The summed E-state index contributed by atoms with van der Waals surface area (Å²) in [7, 11) is 1.37. The first-order valence-corrected chi connectivity index (χ1v) is 12.8. The lowest BCUT2D eigenvalue weighted by Gasteiger charge is -2.34. The van der Waals surface area contributed by atoms with E-state index in [1.807, 2.05) is 24.3 Å². The SMILES string of the molecule is COC(=O)c1cncc(-c2oc3ccccc3c2CCCN2CCN(CCc3cccc(F)c3)CC2)c1. The minimum absolute atomic E-state index is 0.164. The fourth-order valence-electron chi connectivity index (χ4n) is 5.07. The van der Waals surface area contributed by atoms with E-state index in [4.69, 9.17) is 9.15 Å². The molecule has 2 aromatic heterocycles. The Morgan fingerprint density at radius 2 is 1.76 bits per heavy atom. The number of hydrogen-bond acceptors (Lipinski definition) is 6. The molecule has 0 saturated carbocycles. The van der Waals surface area contributed by atoms with E-state index in [9.17, 15) is 9.18 Å². The van der Waals surface area contributed by atoms with Crippen LogP contribution in [0.2, 0.25) is 0 Å². The van der Waals surface area contributed by atoms with Crippen LogP contribution in [0.15, 0.2) is 71.4 Å². The number of halogens is 1. The number of pyridine rings is 1. The number of para-hydroxylation sites is 1. The van der Waals surface area contributed by atoms with Crippen LogP contribution in [-0.2, 0) is 17.6 Å². The van der Waals surface area contributed by atoms with Crippen LogP contribution in [0.1, 0.15) is 27.9 Å². The smallest absolute Gasteiger partial charge is 0.339 e. The van der Waals surface area contributed by atoms with Crippen molar-refractivity contribution in [1.29, 1.82) is 0 Å². The number of hydrogen-bond donors (Lipinski definition) is 0. The van der Waals surface area contributed by atoms with E-state index in [0.29, 0.717) is 5.56 Å². The molecule has 3 heterocycles. The number of fused-ring (bicyclic) bond motifs is 1. The maximum absolute atomic E-state index is 13.4. The number of methoxy groups -OCH3 is 1. The molecule has 0 unspecified atom stereocenters. The van der Waals surface area contributed by atoms with Crippen molar-refractivity contribution in [3.05, 3.63) is 89.5 Å². The van der Waals surface area contributed by atoms with Crippen molar-refractivity contribution >= 4 is 16.9 Å². The van der Waals surface area contributed by atoms with Crippen molar-refractivity contribution in [3.8, 4) is 11.3 Å². The molecule has 37 heavy (non-hydrogen) atoms. The van der Waals surface area contributed by atoms with Gasteiger partial charge in [-0.3, -0.25) is 4.98 Å². The molecule has 2 aromatic carbocycles. The lowest BCUT2D eigenvalue weighted by Crippen LogP contribution is -2.47. The van der Waals surface area contributed by atoms with E-state index in [0.717, 1.165) is 92.0 Å². The molecule has 192 valence electrons. The second-order valence-electron chi connectivity index (χ2n) is 9.53. The number of furan rings is 1. The van der Waals surface area contributed by atoms with Crippen LogP contribution >= 0.6 is 0 Å². The first-order valence-electron chi connectivity index (χ1n) is 12.8. The van der Waals surface area contributed by atoms with Gasteiger partial charge in [0.05, 0.1) is 12.7 Å². The number of rotatable bonds is 9. The summed E-state index contributed by atoms with van der Waals surface area (Å²) in [6, 6.07) is 16.7. The molecular weight excluding hydrogens is 469 g/mol. The Kier molecular flexibility index (Phi) is 7.92. The molecule has 1 fully saturated rings. The zero-order valence-corrected chi connectivity index (χ0v) is 21.2. The summed E-state index contributed by atoms with van der Waals surface area (Å²) in [5, 5.41) is 1.10. The van der Waals surface area contributed by atoms with Gasteiger partial charge in [-0.25, -0.2) is 9.18 Å². The van der Waals surface area contributed by atoms with Crippen LogP contribution in [0.3, 0.4) is 0 Å². The Hall–Kier alpha value is -3.55. The molecule has 0 spiro atoms. The quantitative estimate of drug-likeness (QED) is 0.293. The Morgan fingerprint density at radius 3 is 2.54 bits per heavy atom. The van der Waals surface area contributed by atoms with Crippen molar-refractivity contribution in [2.24, 2.45) is 0 Å². The molecule has 0 aliphatic carbocycles. The number of piperazine rings is 1. The summed E-state index contributed by atoms with van der Waals surface area (Å²) in [5.41, 5.74) is 4.22. The Balaban J connectivity index is 1.19. The monoisotopic (exact) mass is 501 g/mol. The zero-order valence-electron chi connectivity index (χ0n) is 21.2. The van der Waals surface area contributed by atoms with Gasteiger partial charge < -0.3 is 19.0 Å². The van der Waals surface area contributed by atoms with Crippen LogP contribution in [0.5, 0.6) is 0 Å². The highest BCUT2D eigenvalue weighted by Crippen LogP contribution is 2.34. The maximum atomic E-state index is 13.4. The molecule has 5 rings (SSSR count). The number of carbonyl (C=O) groups is 1. The second kappa shape index (κ2) is 11.7. The highest BCUT2D eigenvalue weighted by Gasteiger charge is 2.20. The number of aryl methyl sites for hydroxylation is 1. The van der Waals surface area contributed by atoms with Crippen molar-refractivity contribution in [2.45, 2.75) is 19.3 Å². The van der Waals surface area contributed by atoms with Gasteiger partial charge in [-0.1, -0.05) is 30.3 Å². The standard InChI is InChI=1S/C30H32FN3O3/c1-36-30(35)24-19-23(20-32-21-24)29-27(26-8-2-3-10-28(26)37-29)9-5-12-33-14-16-34(17-15-33)13-11-22-6-4-7-25(31)18-22/h2-4,6-8,10,18-21H,5,9,11-17H2,1H3. The molecule has 0 amide bonds. The van der Waals surface area contributed by atoms with Gasteiger partial charge in [-0.15, -0.1) is 0 Å². The fourth-order valence-corrected chi connectivity index (χ4v) is 5.07. The lowest BCUT2D eigenvalue weighted by molar-refractivity contribution is 0.0600. The van der Waals surface area contributed by atoms with E-state index in [1.54, 1.807) is 24.4 Å². The minimum Gasteiger partial charge on any atom is -0.465 e. The number of benzene rings is 2. The molecule has 7 heteroatoms. The molecule has 1 aliphatic heterocycles. The van der Waals surface area contributed by atoms with Crippen LogP contribution in [0.4, 0.5) is 4.39 Å². The maximum Gasteiger partial charge on any atom is 0.339 e. The summed E-state index contributed by atoms with van der Waals surface area (Å²) in [4.78, 5) is 21.3. The third-order valence-electron chi connectivity index (χ3n) is 7.09. The summed E-state index contributed by atoms with van der Waals surface area (Å²) in [6.07, 6.45) is 5.99. The van der Waals surface area contributed by atoms with Gasteiger partial charge in [0, 0.05) is 61.6 Å². The number of carbonyl (C=O) groups excluding carboxylic acids is 1. The Bertz CT molecular complexity index is 1360. The van der Waals surface area contributed by atoms with E-state index < -0.39 is 5.97 Å². The minimum atomic E-state index is -0.415. The summed E-state index contributed by atoms with van der Waals surface area (Å²) >= 11 is 0. The predicted molar refractivity (Wildman–Crippen MR) is 142 cm³/mol. The number of esters is 1. The molecule has 6 nitrogen and oxygen atoms in total. The molecule has 0 atom stereocenters. The second-order valence-corrected chi connectivity index (χ2v) is 9.53. The number of aromatic nitrogens is 1. The molecule has 4 aromatic rings. The topological polar surface area (TPSA) is 58.8 Å². The highest BCUT2D eigenvalue weighted by molar-refractivity contribution is 5.92. The predicted octanol–water partition coefficient (Wildman–Crippen LogP) is 5.21. The van der Waals surface area contributed by atoms with E-state index in [1.165, 1.54) is 19.4 Å². The number of nitrogens with zero attached hydrogens (tertiary/aromatic N) is 3. The van der Waals surface area contributed by atoms with Gasteiger partial charge in [-0.05, 0) is 55.6 Å². The van der Waals surface area contributed by atoms with Gasteiger partial charge in [0.25, 0.3) is 0 Å². The summed E-state index contributed by atoms with van der Waals surface area (Å²) < 4.78 is 24.5. The molecule has 0 N–H and O–H groups in total. The molecule has 1 aliphatic rings. The van der Waals surface area contributed by atoms with Crippen molar-refractivity contribution in [1.82, 2.24) is 14.8 Å². The highest BCUT2D eigenvalue weighted by atomic mass is 19.1. The third-order valence-corrected chi connectivity index (χ3v) is 7.09.